The van der Waals surface area contributed by atoms with Crippen molar-refractivity contribution in [1.82, 2.24) is 0 Å². The third-order valence-electron chi connectivity index (χ3n) is 2.61. The van der Waals surface area contributed by atoms with Crippen LogP contribution in [0.25, 0.3) is 0 Å². The second-order valence-corrected chi connectivity index (χ2v) is 4.12. The van der Waals surface area contributed by atoms with Crippen molar-refractivity contribution in [2.45, 2.75) is 25.7 Å². The predicted molar refractivity (Wildman–Crippen MR) is 56.8 cm³/mol. The molecular weight excluding hydrogens is 199 g/mol. The summed E-state index contributed by atoms with van der Waals surface area (Å²) in [5.74, 6) is -0.193. The largest absolute Gasteiger partial charge is 0.207 e. The molecule has 1 aliphatic carbocycles. The van der Waals surface area contributed by atoms with Gasteiger partial charge in [-0.3, -0.25) is 0 Å². The number of hydrogen-bond acceptors (Lipinski definition) is 0. The molecule has 14 heavy (non-hydrogen) atoms. The van der Waals surface area contributed by atoms with Gasteiger partial charge < -0.3 is 0 Å². The van der Waals surface area contributed by atoms with Crippen LogP contribution in [0.5, 0.6) is 0 Å². The summed E-state index contributed by atoms with van der Waals surface area (Å²) in [6.07, 6.45) is 4.28. The molecular formula is C12H12ClF. The van der Waals surface area contributed by atoms with Crippen molar-refractivity contribution >= 4 is 11.6 Å². The van der Waals surface area contributed by atoms with Crippen molar-refractivity contribution in [3.8, 4) is 0 Å². The summed E-state index contributed by atoms with van der Waals surface area (Å²) >= 11 is 6.14. The summed E-state index contributed by atoms with van der Waals surface area (Å²) in [6.45, 7) is 0. The molecule has 0 unspecified atom stereocenters. The molecule has 0 bridgehead atoms. The molecule has 0 N–H and O–H groups in total. The SMILES string of the molecule is Fc1ccc(CC(Cl)=C2CCC2)cc1. The van der Waals surface area contributed by atoms with E-state index in [-0.39, 0.29) is 5.82 Å². The van der Waals surface area contributed by atoms with Gasteiger partial charge in [0.05, 0.1) is 0 Å². The van der Waals surface area contributed by atoms with Gasteiger partial charge in [0.25, 0.3) is 0 Å². The normalized spacial score (nSPS) is 15.1. The number of hydrogen-bond donors (Lipinski definition) is 0. The minimum atomic E-state index is -0.193. The highest BCUT2D eigenvalue weighted by Gasteiger charge is 2.13. The Balaban J connectivity index is 2.07. The molecule has 1 fully saturated rings. The van der Waals surface area contributed by atoms with Crippen LogP contribution in [0.1, 0.15) is 24.8 Å². The third kappa shape index (κ3) is 2.16. The zero-order valence-electron chi connectivity index (χ0n) is 7.89. The lowest BCUT2D eigenvalue weighted by Gasteiger charge is -2.18. The van der Waals surface area contributed by atoms with E-state index in [0.717, 1.165) is 29.9 Å². The van der Waals surface area contributed by atoms with E-state index in [2.05, 4.69) is 0 Å². The first-order valence-electron chi connectivity index (χ1n) is 4.86. The second-order valence-electron chi connectivity index (χ2n) is 3.67. The Labute approximate surface area is 88.4 Å². The Kier molecular flexibility index (Phi) is 2.87. The number of halogens is 2. The summed E-state index contributed by atoms with van der Waals surface area (Å²) in [7, 11) is 0. The van der Waals surface area contributed by atoms with Crippen molar-refractivity contribution in [3.63, 3.8) is 0 Å². The molecule has 1 aromatic rings. The monoisotopic (exact) mass is 210 g/mol. The maximum atomic E-state index is 12.6. The lowest BCUT2D eigenvalue weighted by atomic mass is 9.91. The molecule has 2 heteroatoms. The molecule has 0 aliphatic heterocycles. The van der Waals surface area contributed by atoms with Crippen molar-refractivity contribution < 1.29 is 4.39 Å². The van der Waals surface area contributed by atoms with Gasteiger partial charge in [0, 0.05) is 11.5 Å². The van der Waals surface area contributed by atoms with Gasteiger partial charge in [0.1, 0.15) is 5.82 Å². The molecule has 0 aromatic heterocycles. The van der Waals surface area contributed by atoms with E-state index in [1.807, 2.05) is 0 Å². The van der Waals surface area contributed by atoms with Crippen molar-refractivity contribution in [3.05, 3.63) is 46.3 Å². The summed E-state index contributed by atoms with van der Waals surface area (Å²) in [5, 5.41) is 0.947. The topological polar surface area (TPSA) is 0 Å². The molecule has 0 atom stereocenters. The van der Waals surface area contributed by atoms with Crippen LogP contribution in [0.4, 0.5) is 4.39 Å². The van der Waals surface area contributed by atoms with Crippen LogP contribution in [0.2, 0.25) is 0 Å². The minimum Gasteiger partial charge on any atom is -0.207 e. The van der Waals surface area contributed by atoms with E-state index < -0.39 is 0 Å². The maximum Gasteiger partial charge on any atom is 0.123 e. The number of allylic oxidation sites excluding steroid dienone is 2. The summed E-state index contributed by atoms with van der Waals surface area (Å²) in [4.78, 5) is 0. The van der Waals surface area contributed by atoms with Gasteiger partial charge in [0.15, 0.2) is 0 Å². The van der Waals surface area contributed by atoms with E-state index in [4.69, 9.17) is 11.6 Å². The zero-order valence-corrected chi connectivity index (χ0v) is 8.65. The van der Waals surface area contributed by atoms with Crippen molar-refractivity contribution in [2.24, 2.45) is 0 Å². The predicted octanol–water partition coefficient (Wildman–Crippen LogP) is 4.05. The quantitative estimate of drug-likeness (QED) is 0.691. The van der Waals surface area contributed by atoms with Gasteiger partial charge in [-0.1, -0.05) is 29.3 Å². The highest BCUT2D eigenvalue weighted by molar-refractivity contribution is 6.30. The first-order chi connectivity index (χ1) is 6.75. The highest BCUT2D eigenvalue weighted by Crippen LogP contribution is 2.31. The van der Waals surface area contributed by atoms with Gasteiger partial charge in [-0.25, -0.2) is 4.39 Å². The molecule has 0 spiro atoms. The van der Waals surface area contributed by atoms with Gasteiger partial charge >= 0.3 is 0 Å². The first-order valence-corrected chi connectivity index (χ1v) is 5.24. The van der Waals surface area contributed by atoms with Gasteiger partial charge in [-0.05, 0) is 37.0 Å². The zero-order chi connectivity index (χ0) is 9.97. The molecule has 0 nitrogen and oxygen atoms in total. The maximum absolute atomic E-state index is 12.6. The smallest absolute Gasteiger partial charge is 0.123 e. The second kappa shape index (κ2) is 4.14. The van der Waals surface area contributed by atoms with Gasteiger partial charge in [0.2, 0.25) is 0 Å². The van der Waals surface area contributed by atoms with Gasteiger partial charge in [-0.15, -0.1) is 0 Å². The minimum absolute atomic E-state index is 0.193. The third-order valence-corrected chi connectivity index (χ3v) is 3.01. The molecule has 0 amide bonds. The van der Waals surface area contributed by atoms with Crippen LogP contribution >= 0.6 is 11.6 Å². The summed E-state index contributed by atoms with van der Waals surface area (Å²) < 4.78 is 12.6. The molecule has 0 heterocycles. The fraction of sp³-hybridized carbons (Fsp3) is 0.333. The molecule has 0 saturated heterocycles. The first kappa shape index (κ1) is 9.72. The van der Waals surface area contributed by atoms with E-state index in [0.29, 0.717) is 0 Å². The standard InChI is InChI=1S/C12H12ClF/c13-12(10-2-1-3-10)8-9-4-6-11(14)7-5-9/h4-7H,1-3,8H2. The number of benzene rings is 1. The van der Waals surface area contributed by atoms with E-state index in [1.165, 1.54) is 24.1 Å². The van der Waals surface area contributed by atoms with Crippen molar-refractivity contribution in [2.75, 3.05) is 0 Å². The van der Waals surface area contributed by atoms with Crippen LogP contribution in [0.15, 0.2) is 34.9 Å². The van der Waals surface area contributed by atoms with Gasteiger partial charge in [-0.2, -0.15) is 0 Å². The molecule has 1 aromatic carbocycles. The van der Waals surface area contributed by atoms with Crippen LogP contribution in [-0.2, 0) is 6.42 Å². The number of rotatable bonds is 2. The molecule has 1 aliphatic rings. The Morgan fingerprint density at radius 2 is 1.86 bits per heavy atom. The average molecular weight is 211 g/mol. The average Bonchev–Trinajstić information content (AvgIpc) is 2.06. The Hall–Kier alpha value is -0.820. The highest BCUT2D eigenvalue weighted by atomic mass is 35.5. The van der Waals surface area contributed by atoms with E-state index in [9.17, 15) is 4.39 Å². The van der Waals surface area contributed by atoms with Crippen LogP contribution < -0.4 is 0 Å². The fourth-order valence-electron chi connectivity index (χ4n) is 1.53. The Morgan fingerprint density at radius 3 is 2.36 bits per heavy atom. The van der Waals surface area contributed by atoms with Crippen LogP contribution in [-0.4, -0.2) is 0 Å². The summed E-state index contributed by atoms with van der Waals surface area (Å²) in [5.41, 5.74) is 2.45. The Bertz CT molecular complexity index is 345. The molecule has 0 radical (unpaired) electrons. The van der Waals surface area contributed by atoms with Crippen molar-refractivity contribution in [1.29, 1.82) is 0 Å². The van der Waals surface area contributed by atoms with E-state index >= 15 is 0 Å². The fourth-order valence-corrected chi connectivity index (χ4v) is 1.87. The molecule has 74 valence electrons. The molecule has 1 saturated carbocycles. The van der Waals surface area contributed by atoms with Crippen LogP contribution in [0.3, 0.4) is 0 Å². The van der Waals surface area contributed by atoms with Crippen LogP contribution in [0, 0.1) is 5.82 Å². The molecule has 2 rings (SSSR count). The summed E-state index contributed by atoms with van der Waals surface area (Å²) in [6, 6.07) is 6.53. The lowest BCUT2D eigenvalue weighted by Crippen LogP contribution is -2.00. The lowest BCUT2D eigenvalue weighted by molar-refractivity contribution is 0.627. The Morgan fingerprint density at radius 1 is 1.21 bits per heavy atom. The van der Waals surface area contributed by atoms with E-state index in [1.54, 1.807) is 12.1 Å².